The molecule has 1 aliphatic heterocycles. The number of hydrogen-bond acceptors (Lipinski definition) is 4. The summed E-state index contributed by atoms with van der Waals surface area (Å²) in [5, 5.41) is 7.16. The molecule has 0 aromatic rings. The number of nitrogens with one attached hydrogen (secondary N) is 2. The Morgan fingerprint density at radius 1 is 1.27 bits per heavy atom. The summed E-state index contributed by atoms with van der Waals surface area (Å²) in [6.45, 7) is 11.6. The van der Waals surface area contributed by atoms with Crippen molar-refractivity contribution in [2.24, 2.45) is 16.1 Å². The predicted molar refractivity (Wildman–Crippen MR) is 116 cm³/mol. The van der Waals surface area contributed by atoms with Crippen LogP contribution in [0.5, 0.6) is 0 Å². The van der Waals surface area contributed by atoms with Crippen LogP contribution in [0.1, 0.15) is 47.0 Å². The van der Waals surface area contributed by atoms with Crippen molar-refractivity contribution >= 4 is 35.8 Å². The van der Waals surface area contributed by atoms with Crippen LogP contribution in [-0.2, 0) is 9.53 Å². The van der Waals surface area contributed by atoms with Crippen LogP contribution in [-0.4, -0.2) is 67.7 Å². The molecule has 26 heavy (non-hydrogen) atoms. The molecule has 2 atom stereocenters. The second-order valence-corrected chi connectivity index (χ2v) is 8.04. The van der Waals surface area contributed by atoms with Crippen LogP contribution in [0.25, 0.3) is 0 Å². The van der Waals surface area contributed by atoms with Gasteiger partial charge in [0.15, 0.2) is 5.96 Å². The minimum Gasteiger partial charge on any atom is -0.378 e. The lowest BCUT2D eigenvalue weighted by Crippen LogP contribution is -2.70. The molecule has 8 heteroatoms. The van der Waals surface area contributed by atoms with Crippen molar-refractivity contribution in [1.82, 2.24) is 15.5 Å². The Morgan fingerprint density at radius 2 is 1.88 bits per heavy atom. The Labute approximate surface area is 174 Å². The summed E-state index contributed by atoms with van der Waals surface area (Å²) >= 11 is 0. The Morgan fingerprint density at radius 3 is 2.35 bits per heavy atom. The van der Waals surface area contributed by atoms with Crippen molar-refractivity contribution in [1.29, 1.82) is 0 Å². The molecule has 0 aromatic carbocycles. The van der Waals surface area contributed by atoms with Gasteiger partial charge in [0.2, 0.25) is 5.91 Å². The minimum atomic E-state index is -0.255. The fourth-order valence-electron chi connectivity index (χ4n) is 3.83. The normalized spacial score (nSPS) is 29.4. The number of amides is 1. The Balaban J connectivity index is 0.00000338. The van der Waals surface area contributed by atoms with Crippen LogP contribution in [0.2, 0.25) is 0 Å². The molecule has 4 N–H and O–H groups in total. The van der Waals surface area contributed by atoms with Crippen LogP contribution in [0.3, 0.4) is 0 Å². The number of carbonyl (C=O) groups is 1. The molecular formula is C18H36IN5O2. The van der Waals surface area contributed by atoms with Crippen LogP contribution in [0, 0.1) is 5.41 Å². The van der Waals surface area contributed by atoms with Crippen molar-refractivity contribution in [3.8, 4) is 0 Å². The summed E-state index contributed by atoms with van der Waals surface area (Å²) in [7, 11) is 1.79. The molecular weight excluding hydrogens is 445 g/mol. The standard InChI is InChI=1S/C18H35N5O2.HI/c1-6-20-16(22-14-11-18(4,25-5)17(14,2)3)21-13-7-9-23(10-8-13)12-15(19)24;/h13-14H,6-12H2,1-5H3,(H2,19,24)(H2,20,21,22);1H. The van der Waals surface area contributed by atoms with Gasteiger partial charge in [0, 0.05) is 44.2 Å². The van der Waals surface area contributed by atoms with Crippen LogP contribution < -0.4 is 16.4 Å². The number of nitrogens with zero attached hydrogens (tertiary/aromatic N) is 2. The average molecular weight is 481 g/mol. The van der Waals surface area contributed by atoms with Crippen LogP contribution >= 0.6 is 24.0 Å². The molecule has 7 nitrogen and oxygen atoms in total. The molecule has 0 radical (unpaired) electrons. The topological polar surface area (TPSA) is 92.0 Å². The van der Waals surface area contributed by atoms with Gasteiger partial charge >= 0.3 is 0 Å². The SMILES string of the molecule is CCN=C(NC1CCN(CC(N)=O)CC1)NC1CC(C)(OC)C1(C)C.I. The molecule has 1 heterocycles. The number of guanidine groups is 1. The number of hydrogen-bond donors (Lipinski definition) is 3. The molecule has 1 aliphatic carbocycles. The van der Waals surface area contributed by atoms with Gasteiger partial charge in [-0.1, -0.05) is 13.8 Å². The van der Waals surface area contributed by atoms with E-state index in [4.69, 9.17) is 10.5 Å². The monoisotopic (exact) mass is 481 g/mol. The third kappa shape index (κ3) is 5.22. The van der Waals surface area contributed by atoms with Gasteiger partial charge in [-0.15, -0.1) is 24.0 Å². The Hall–Kier alpha value is -0.610. The zero-order valence-electron chi connectivity index (χ0n) is 16.8. The highest BCUT2D eigenvalue weighted by Crippen LogP contribution is 2.51. The van der Waals surface area contributed by atoms with E-state index in [1.165, 1.54) is 0 Å². The first-order valence-corrected chi connectivity index (χ1v) is 9.35. The summed E-state index contributed by atoms with van der Waals surface area (Å²) in [6.07, 6.45) is 2.95. The molecule has 2 aliphatic rings. The number of methoxy groups -OCH3 is 1. The molecule has 2 unspecified atom stereocenters. The summed E-state index contributed by atoms with van der Waals surface area (Å²) in [4.78, 5) is 17.8. The van der Waals surface area contributed by atoms with Crippen molar-refractivity contribution in [2.45, 2.75) is 64.6 Å². The van der Waals surface area contributed by atoms with Crippen LogP contribution in [0.15, 0.2) is 4.99 Å². The van der Waals surface area contributed by atoms with E-state index in [1.807, 2.05) is 6.92 Å². The fourth-order valence-corrected chi connectivity index (χ4v) is 3.83. The van der Waals surface area contributed by atoms with E-state index in [-0.39, 0.29) is 40.9 Å². The molecule has 2 fully saturated rings. The summed E-state index contributed by atoms with van der Waals surface area (Å²) in [6, 6.07) is 0.712. The summed E-state index contributed by atoms with van der Waals surface area (Å²) in [5.41, 5.74) is 5.23. The minimum absolute atomic E-state index is 0. The fraction of sp³-hybridized carbons (Fsp3) is 0.889. The maximum Gasteiger partial charge on any atom is 0.231 e. The average Bonchev–Trinajstić information content (AvgIpc) is 2.55. The molecule has 0 spiro atoms. The summed E-state index contributed by atoms with van der Waals surface area (Å²) < 4.78 is 5.71. The maximum absolute atomic E-state index is 11.0. The van der Waals surface area contributed by atoms with Gasteiger partial charge in [-0.05, 0) is 33.1 Å². The molecule has 0 aromatic heterocycles. The largest absolute Gasteiger partial charge is 0.378 e. The van der Waals surface area contributed by atoms with E-state index in [0.29, 0.717) is 18.6 Å². The van der Waals surface area contributed by atoms with Crippen molar-refractivity contribution in [3.05, 3.63) is 0 Å². The first-order valence-electron chi connectivity index (χ1n) is 9.35. The lowest BCUT2D eigenvalue weighted by molar-refractivity contribution is -0.176. The summed E-state index contributed by atoms with van der Waals surface area (Å²) in [5.74, 6) is 0.627. The number of aliphatic imine (C=N–C) groups is 1. The lowest BCUT2D eigenvalue weighted by Gasteiger charge is -2.59. The van der Waals surface area contributed by atoms with E-state index in [2.05, 4.69) is 41.3 Å². The number of halogens is 1. The van der Waals surface area contributed by atoms with Crippen molar-refractivity contribution in [3.63, 3.8) is 0 Å². The van der Waals surface area contributed by atoms with Gasteiger partial charge in [-0.3, -0.25) is 14.7 Å². The van der Waals surface area contributed by atoms with E-state index >= 15 is 0 Å². The highest BCUT2D eigenvalue weighted by atomic mass is 127. The van der Waals surface area contributed by atoms with Crippen LogP contribution in [0.4, 0.5) is 0 Å². The molecule has 1 amide bonds. The van der Waals surface area contributed by atoms with Gasteiger partial charge in [0.25, 0.3) is 0 Å². The zero-order valence-corrected chi connectivity index (χ0v) is 19.1. The second-order valence-electron chi connectivity index (χ2n) is 8.04. The Kier molecular flexibility index (Phi) is 8.60. The molecule has 152 valence electrons. The second kappa shape index (κ2) is 9.54. The molecule has 0 bridgehead atoms. The number of ether oxygens (including phenoxy) is 1. The van der Waals surface area contributed by atoms with Crippen molar-refractivity contribution in [2.75, 3.05) is 33.3 Å². The third-order valence-electron chi connectivity index (χ3n) is 6.21. The number of carbonyl (C=O) groups excluding carboxylic acids is 1. The van der Waals surface area contributed by atoms with Gasteiger partial charge in [0.1, 0.15) is 0 Å². The van der Waals surface area contributed by atoms with Gasteiger partial charge in [-0.25, -0.2) is 0 Å². The third-order valence-corrected chi connectivity index (χ3v) is 6.21. The number of rotatable bonds is 6. The van der Waals surface area contributed by atoms with Crippen molar-refractivity contribution < 1.29 is 9.53 Å². The molecule has 1 saturated heterocycles. The van der Waals surface area contributed by atoms with E-state index < -0.39 is 0 Å². The smallest absolute Gasteiger partial charge is 0.231 e. The van der Waals surface area contributed by atoms with Gasteiger partial charge in [-0.2, -0.15) is 0 Å². The maximum atomic E-state index is 11.0. The van der Waals surface area contributed by atoms with E-state index in [1.54, 1.807) is 7.11 Å². The van der Waals surface area contributed by atoms with E-state index in [9.17, 15) is 4.79 Å². The first kappa shape index (κ1) is 23.4. The zero-order chi connectivity index (χ0) is 18.7. The number of piperidine rings is 1. The molecule has 1 saturated carbocycles. The number of likely N-dealkylation sites (tertiary alicyclic amines) is 1. The van der Waals surface area contributed by atoms with Gasteiger partial charge < -0.3 is 21.1 Å². The first-order chi connectivity index (χ1) is 11.7. The Bertz CT molecular complexity index is 506. The highest BCUT2D eigenvalue weighted by Gasteiger charge is 2.58. The highest BCUT2D eigenvalue weighted by molar-refractivity contribution is 14.0. The predicted octanol–water partition coefficient (Wildman–Crippen LogP) is 1.31. The molecule has 2 rings (SSSR count). The number of nitrogens with two attached hydrogens (primary N) is 1. The number of primary amides is 1. The van der Waals surface area contributed by atoms with E-state index in [0.717, 1.165) is 44.9 Å². The quantitative estimate of drug-likeness (QED) is 0.302. The lowest BCUT2D eigenvalue weighted by atomic mass is 9.56. The van der Waals surface area contributed by atoms with Gasteiger partial charge in [0.05, 0.1) is 12.1 Å².